The highest BCUT2D eigenvalue weighted by Crippen LogP contribution is 2.39. The SMILES string of the molecule is NCC[C@H](N)P(=O)(O)O. The molecule has 0 aromatic carbocycles. The van der Waals surface area contributed by atoms with Crippen molar-refractivity contribution in [2.24, 2.45) is 11.5 Å². The van der Waals surface area contributed by atoms with E-state index in [1.54, 1.807) is 0 Å². The van der Waals surface area contributed by atoms with Gasteiger partial charge in [0.2, 0.25) is 0 Å². The van der Waals surface area contributed by atoms with Crippen LogP contribution in [-0.4, -0.2) is 22.1 Å². The summed E-state index contributed by atoms with van der Waals surface area (Å²) in [7, 11) is -4.08. The Morgan fingerprint density at radius 2 is 2.00 bits per heavy atom. The molecule has 0 aromatic heterocycles. The quantitative estimate of drug-likeness (QED) is 0.381. The van der Waals surface area contributed by atoms with Crippen molar-refractivity contribution in [2.45, 2.75) is 12.2 Å². The van der Waals surface area contributed by atoms with Gasteiger partial charge < -0.3 is 21.3 Å². The molecule has 0 aliphatic heterocycles. The summed E-state index contributed by atoms with van der Waals surface area (Å²) in [6, 6.07) is 0. The maximum atomic E-state index is 10.2. The van der Waals surface area contributed by atoms with Crippen LogP contribution in [0.4, 0.5) is 0 Å². The zero-order chi connectivity index (χ0) is 7.49. The summed E-state index contributed by atoms with van der Waals surface area (Å²) >= 11 is 0. The highest BCUT2D eigenvalue weighted by atomic mass is 31.2. The molecule has 1 atom stereocenters. The van der Waals surface area contributed by atoms with Crippen LogP contribution in [0.2, 0.25) is 0 Å². The molecule has 0 aliphatic rings. The number of nitrogens with two attached hydrogens (primary N) is 2. The van der Waals surface area contributed by atoms with Crippen molar-refractivity contribution in [1.82, 2.24) is 0 Å². The second-order valence-electron chi connectivity index (χ2n) is 1.73. The van der Waals surface area contributed by atoms with E-state index < -0.39 is 13.4 Å². The molecule has 6 heteroatoms. The predicted molar refractivity (Wildman–Crippen MR) is 33.7 cm³/mol. The van der Waals surface area contributed by atoms with Gasteiger partial charge in [-0.15, -0.1) is 0 Å². The van der Waals surface area contributed by atoms with Crippen molar-refractivity contribution >= 4 is 7.60 Å². The van der Waals surface area contributed by atoms with Crippen LogP contribution >= 0.6 is 7.60 Å². The largest absolute Gasteiger partial charge is 0.342 e. The molecule has 0 saturated carbocycles. The van der Waals surface area contributed by atoms with Crippen molar-refractivity contribution < 1.29 is 14.4 Å². The van der Waals surface area contributed by atoms with Gasteiger partial charge in [0.15, 0.2) is 0 Å². The molecule has 9 heavy (non-hydrogen) atoms. The summed E-state index contributed by atoms with van der Waals surface area (Å²) in [6.45, 7) is 0.201. The molecule has 5 nitrogen and oxygen atoms in total. The van der Waals surface area contributed by atoms with Gasteiger partial charge in [-0.2, -0.15) is 0 Å². The lowest BCUT2D eigenvalue weighted by molar-refractivity contribution is 0.356. The molecule has 0 aromatic rings. The van der Waals surface area contributed by atoms with Crippen LogP contribution in [0.15, 0.2) is 0 Å². The van der Waals surface area contributed by atoms with Crippen molar-refractivity contribution in [3.63, 3.8) is 0 Å². The Morgan fingerprint density at radius 3 is 2.11 bits per heavy atom. The summed E-state index contributed by atoms with van der Waals surface area (Å²) in [4.78, 5) is 16.7. The van der Waals surface area contributed by atoms with Crippen molar-refractivity contribution in [3.8, 4) is 0 Å². The number of hydrogen-bond donors (Lipinski definition) is 4. The lowest BCUT2D eigenvalue weighted by Gasteiger charge is -2.10. The minimum absolute atomic E-state index is 0.157. The number of hydrogen-bond acceptors (Lipinski definition) is 3. The average molecular weight is 154 g/mol. The van der Waals surface area contributed by atoms with Gasteiger partial charge in [-0.3, -0.25) is 4.57 Å². The first-order chi connectivity index (χ1) is 3.98. The third kappa shape index (κ3) is 3.61. The second kappa shape index (κ2) is 3.29. The smallest absolute Gasteiger partial charge is 0.330 e. The monoisotopic (exact) mass is 154 g/mol. The fourth-order valence-corrected chi connectivity index (χ4v) is 0.824. The molecule has 0 radical (unpaired) electrons. The minimum Gasteiger partial charge on any atom is -0.330 e. The second-order valence-corrected chi connectivity index (χ2v) is 3.58. The highest BCUT2D eigenvalue weighted by molar-refractivity contribution is 7.52. The Morgan fingerprint density at radius 1 is 1.56 bits per heavy atom. The molecule has 0 rings (SSSR count). The van der Waals surface area contributed by atoms with E-state index >= 15 is 0 Å². The Labute approximate surface area is 53.2 Å². The van der Waals surface area contributed by atoms with E-state index in [-0.39, 0.29) is 13.0 Å². The zero-order valence-corrected chi connectivity index (χ0v) is 5.79. The molecule has 0 spiro atoms. The molecule has 0 bridgehead atoms. The Kier molecular flexibility index (Phi) is 3.32. The fourth-order valence-electron chi connectivity index (χ4n) is 0.339. The summed E-state index contributed by atoms with van der Waals surface area (Å²) in [5.41, 5.74) is 10.0. The molecule has 0 heterocycles. The highest BCUT2D eigenvalue weighted by Gasteiger charge is 2.22. The van der Waals surface area contributed by atoms with E-state index in [0.717, 1.165) is 0 Å². The minimum atomic E-state index is -4.08. The van der Waals surface area contributed by atoms with E-state index in [4.69, 9.17) is 21.3 Å². The van der Waals surface area contributed by atoms with E-state index in [1.165, 1.54) is 0 Å². The maximum Gasteiger partial charge on any atom is 0.342 e. The van der Waals surface area contributed by atoms with Crippen LogP contribution in [0.5, 0.6) is 0 Å². The van der Waals surface area contributed by atoms with E-state index in [0.29, 0.717) is 0 Å². The summed E-state index contributed by atoms with van der Waals surface area (Å²) in [6.07, 6.45) is 0.157. The van der Waals surface area contributed by atoms with Crippen molar-refractivity contribution in [3.05, 3.63) is 0 Å². The molecular formula is C3H11N2O3P. The first kappa shape index (κ1) is 9.07. The molecule has 0 aliphatic carbocycles. The van der Waals surface area contributed by atoms with E-state index in [9.17, 15) is 4.57 Å². The van der Waals surface area contributed by atoms with Gasteiger partial charge in [0, 0.05) is 0 Å². The summed E-state index contributed by atoms with van der Waals surface area (Å²) < 4.78 is 10.2. The first-order valence-electron chi connectivity index (χ1n) is 2.49. The van der Waals surface area contributed by atoms with Crippen molar-refractivity contribution in [1.29, 1.82) is 0 Å². The zero-order valence-electron chi connectivity index (χ0n) is 4.90. The predicted octanol–water partition coefficient (Wildman–Crippen LogP) is -1.20. The van der Waals surface area contributed by atoms with Gasteiger partial charge in [0.25, 0.3) is 0 Å². The standard InChI is InChI=1S/C3H11N2O3P/c4-2-1-3(5)9(6,7)8/h3H,1-2,4-5H2,(H2,6,7,8)/t3-/m1/s1. The van der Waals surface area contributed by atoms with Gasteiger partial charge in [-0.25, -0.2) is 0 Å². The van der Waals surface area contributed by atoms with Crippen LogP contribution < -0.4 is 11.5 Å². The van der Waals surface area contributed by atoms with Gasteiger partial charge in [-0.05, 0) is 13.0 Å². The summed E-state index contributed by atoms with van der Waals surface area (Å²) in [5, 5.41) is 0. The van der Waals surface area contributed by atoms with Gasteiger partial charge in [0.05, 0.1) is 0 Å². The first-order valence-corrected chi connectivity index (χ1v) is 4.17. The molecular weight excluding hydrogens is 143 g/mol. The van der Waals surface area contributed by atoms with Crippen LogP contribution in [0.1, 0.15) is 6.42 Å². The molecule has 0 unspecified atom stereocenters. The Bertz CT molecular complexity index is 122. The van der Waals surface area contributed by atoms with Crippen molar-refractivity contribution in [2.75, 3.05) is 6.54 Å². The van der Waals surface area contributed by atoms with Gasteiger partial charge in [-0.1, -0.05) is 0 Å². The molecule has 0 saturated heterocycles. The third-order valence-corrected chi connectivity index (χ3v) is 2.02. The molecule has 6 N–H and O–H groups in total. The van der Waals surface area contributed by atoms with Gasteiger partial charge >= 0.3 is 7.60 Å². The fraction of sp³-hybridized carbons (Fsp3) is 1.00. The van der Waals surface area contributed by atoms with Crippen LogP contribution in [0.3, 0.4) is 0 Å². The van der Waals surface area contributed by atoms with Gasteiger partial charge in [0.1, 0.15) is 5.78 Å². The van der Waals surface area contributed by atoms with E-state index in [1.807, 2.05) is 0 Å². The Hall–Kier alpha value is 0.0700. The molecule has 0 amide bonds. The topological polar surface area (TPSA) is 110 Å². The number of rotatable bonds is 3. The van der Waals surface area contributed by atoms with Crippen LogP contribution in [0, 0.1) is 0 Å². The van der Waals surface area contributed by atoms with Crippen LogP contribution in [0.25, 0.3) is 0 Å². The lowest BCUT2D eigenvalue weighted by atomic mass is 10.4. The molecule has 0 fully saturated rings. The van der Waals surface area contributed by atoms with E-state index in [2.05, 4.69) is 0 Å². The average Bonchev–Trinajstić information content (AvgIpc) is 1.64. The lowest BCUT2D eigenvalue weighted by Crippen LogP contribution is -2.23. The maximum absolute atomic E-state index is 10.2. The summed E-state index contributed by atoms with van der Waals surface area (Å²) in [5.74, 6) is -1.09. The van der Waals surface area contributed by atoms with Crippen LogP contribution in [-0.2, 0) is 4.57 Å². The normalized spacial score (nSPS) is 15.6. The third-order valence-electron chi connectivity index (χ3n) is 0.894. The Balaban J connectivity index is 3.74. The molecule has 56 valence electrons.